The fraction of sp³-hybridized carbons (Fsp3) is 0.357. The number of hydrogen-bond acceptors (Lipinski definition) is 4. The Kier molecular flexibility index (Phi) is 4.33. The molecular weight excluding hydrogens is 246 g/mol. The lowest BCUT2D eigenvalue weighted by Crippen LogP contribution is -1.90. The van der Waals surface area contributed by atoms with Crippen LogP contribution < -0.4 is 4.74 Å². The maximum absolute atomic E-state index is 9.25. The number of hydrogen-bond donors (Lipinski definition) is 1. The second-order valence-electron chi connectivity index (χ2n) is 4.01. The first kappa shape index (κ1) is 13.1. The SMILES string of the molecule is CCc1nc(Cc2ccc(OC)cc2)sc1CO. The molecule has 0 saturated carbocycles. The molecule has 0 atom stereocenters. The van der Waals surface area contributed by atoms with Gasteiger partial charge in [0, 0.05) is 6.42 Å². The minimum Gasteiger partial charge on any atom is -0.497 e. The predicted molar refractivity (Wildman–Crippen MR) is 73.2 cm³/mol. The van der Waals surface area contributed by atoms with Crippen molar-refractivity contribution < 1.29 is 9.84 Å². The Balaban J connectivity index is 2.14. The van der Waals surface area contributed by atoms with Crippen LogP contribution in [0.2, 0.25) is 0 Å². The molecule has 1 aromatic heterocycles. The molecule has 1 N–H and O–H groups in total. The van der Waals surface area contributed by atoms with Crippen LogP contribution in [0.15, 0.2) is 24.3 Å². The van der Waals surface area contributed by atoms with Crippen molar-refractivity contribution in [3.8, 4) is 5.75 Å². The van der Waals surface area contributed by atoms with Crippen LogP contribution in [0.25, 0.3) is 0 Å². The van der Waals surface area contributed by atoms with Gasteiger partial charge in [-0.2, -0.15) is 0 Å². The smallest absolute Gasteiger partial charge is 0.118 e. The summed E-state index contributed by atoms with van der Waals surface area (Å²) in [6.07, 6.45) is 1.68. The third-order valence-corrected chi connectivity index (χ3v) is 3.90. The quantitative estimate of drug-likeness (QED) is 0.902. The highest BCUT2D eigenvalue weighted by Gasteiger charge is 2.09. The summed E-state index contributed by atoms with van der Waals surface area (Å²) in [6, 6.07) is 8.00. The van der Waals surface area contributed by atoms with Gasteiger partial charge in [-0.3, -0.25) is 0 Å². The van der Waals surface area contributed by atoms with Gasteiger partial charge >= 0.3 is 0 Å². The van der Waals surface area contributed by atoms with Crippen molar-refractivity contribution >= 4 is 11.3 Å². The summed E-state index contributed by atoms with van der Waals surface area (Å²) < 4.78 is 5.13. The number of aryl methyl sites for hydroxylation is 1. The predicted octanol–water partition coefficient (Wildman–Crippen LogP) is 2.80. The Morgan fingerprint density at radius 2 is 2.00 bits per heavy atom. The van der Waals surface area contributed by atoms with Crippen LogP contribution in [-0.4, -0.2) is 17.2 Å². The van der Waals surface area contributed by atoms with Crippen molar-refractivity contribution in [2.24, 2.45) is 0 Å². The van der Waals surface area contributed by atoms with Crippen molar-refractivity contribution in [1.29, 1.82) is 0 Å². The van der Waals surface area contributed by atoms with Crippen LogP contribution in [0.4, 0.5) is 0 Å². The Morgan fingerprint density at radius 1 is 1.28 bits per heavy atom. The lowest BCUT2D eigenvalue weighted by molar-refractivity contribution is 0.284. The van der Waals surface area contributed by atoms with Gasteiger partial charge in [0.25, 0.3) is 0 Å². The first-order chi connectivity index (χ1) is 8.76. The molecule has 1 heterocycles. The van der Waals surface area contributed by atoms with E-state index in [4.69, 9.17) is 4.74 Å². The summed E-state index contributed by atoms with van der Waals surface area (Å²) in [5.74, 6) is 0.864. The molecule has 0 unspecified atom stereocenters. The lowest BCUT2D eigenvalue weighted by atomic mass is 10.1. The number of aromatic nitrogens is 1. The highest BCUT2D eigenvalue weighted by Crippen LogP contribution is 2.22. The van der Waals surface area contributed by atoms with Crippen molar-refractivity contribution in [1.82, 2.24) is 4.98 Å². The Bertz CT molecular complexity index is 484. The van der Waals surface area contributed by atoms with Gasteiger partial charge < -0.3 is 9.84 Å². The number of aliphatic hydroxyl groups excluding tert-OH is 1. The van der Waals surface area contributed by atoms with E-state index in [-0.39, 0.29) is 6.61 Å². The third-order valence-electron chi connectivity index (χ3n) is 2.82. The number of rotatable bonds is 5. The highest BCUT2D eigenvalue weighted by molar-refractivity contribution is 7.11. The number of aliphatic hydroxyl groups is 1. The van der Waals surface area contributed by atoms with Crippen LogP contribution in [0, 0.1) is 0 Å². The maximum atomic E-state index is 9.25. The summed E-state index contributed by atoms with van der Waals surface area (Å²) in [7, 11) is 1.66. The lowest BCUT2D eigenvalue weighted by Gasteiger charge is -2.01. The van der Waals surface area contributed by atoms with E-state index in [1.54, 1.807) is 18.4 Å². The molecule has 0 aliphatic rings. The molecule has 0 radical (unpaired) electrons. The molecule has 18 heavy (non-hydrogen) atoms. The number of nitrogens with zero attached hydrogens (tertiary/aromatic N) is 1. The normalized spacial score (nSPS) is 10.6. The van der Waals surface area contributed by atoms with Gasteiger partial charge in [0.2, 0.25) is 0 Å². The molecule has 0 bridgehead atoms. The second-order valence-corrected chi connectivity index (χ2v) is 5.18. The van der Waals surface area contributed by atoms with Crippen LogP contribution >= 0.6 is 11.3 Å². The van der Waals surface area contributed by atoms with Crippen LogP contribution in [0.1, 0.15) is 28.1 Å². The van der Waals surface area contributed by atoms with Crippen molar-refractivity contribution in [3.63, 3.8) is 0 Å². The fourth-order valence-electron chi connectivity index (χ4n) is 1.83. The summed E-state index contributed by atoms with van der Waals surface area (Å²) in [5, 5.41) is 10.3. The maximum Gasteiger partial charge on any atom is 0.118 e. The van der Waals surface area contributed by atoms with E-state index in [0.717, 1.165) is 34.2 Å². The molecule has 96 valence electrons. The van der Waals surface area contributed by atoms with Gasteiger partial charge in [-0.05, 0) is 24.1 Å². The Morgan fingerprint density at radius 3 is 2.50 bits per heavy atom. The molecular formula is C14H17NO2S. The molecule has 1 aromatic carbocycles. The molecule has 2 rings (SSSR count). The molecule has 0 fully saturated rings. The Hall–Kier alpha value is -1.39. The van der Waals surface area contributed by atoms with E-state index < -0.39 is 0 Å². The second kappa shape index (κ2) is 5.98. The molecule has 0 amide bonds. The topological polar surface area (TPSA) is 42.4 Å². The van der Waals surface area contributed by atoms with Gasteiger partial charge in [-0.1, -0.05) is 19.1 Å². The van der Waals surface area contributed by atoms with E-state index in [0.29, 0.717) is 0 Å². The van der Waals surface area contributed by atoms with E-state index in [1.807, 2.05) is 24.3 Å². The first-order valence-corrected chi connectivity index (χ1v) is 6.79. The summed E-state index contributed by atoms with van der Waals surface area (Å²) in [6.45, 7) is 2.15. The zero-order chi connectivity index (χ0) is 13.0. The highest BCUT2D eigenvalue weighted by atomic mass is 32.1. The number of methoxy groups -OCH3 is 1. The van der Waals surface area contributed by atoms with Crippen LogP contribution in [0.5, 0.6) is 5.75 Å². The molecule has 0 aliphatic heterocycles. The molecule has 3 nitrogen and oxygen atoms in total. The monoisotopic (exact) mass is 263 g/mol. The number of ether oxygens (including phenoxy) is 1. The largest absolute Gasteiger partial charge is 0.497 e. The minimum atomic E-state index is 0.0868. The van der Waals surface area contributed by atoms with Crippen molar-refractivity contribution in [3.05, 3.63) is 45.4 Å². The van der Waals surface area contributed by atoms with E-state index in [9.17, 15) is 5.11 Å². The summed E-state index contributed by atoms with van der Waals surface area (Å²) in [4.78, 5) is 5.55. The number of thiazole rings is 1. The molecule has 0 spiro atoms. The number of benzene rings is 1. The van der Waals surface area contributed by atoms with Crippen LogP contribution in [-0.2, 0) is 19.4 Å². The van der Waals surface area contributed by atoms with Gasteiger partial charge in [0.1, 0.15) is 5.75 Å². The van der Waals surface area contributed by atoms with E-state index >= 15 is 0 Å². The van der Waals surface area contributed by atoms with Gasteiger partial charge in [0.05, 0.1) is 29.3 Å². The van der Waals surface area contributed by atoms with Gasteiger partial charge in [-0.15, -0.1) is 11.3 Å². The van der Waals surface area contributed by atoms with Crippen LogP contribution in [0.3, 0.4) is 0 Å². The van der Waals surface area contributed by atoms with Gasteiger partial charge in [0.15, 0.2) is 0 Å². The fourth-order valence-corrected chi connectivity index (χ4v) is 2.88. The zero-order valence-electron chi connectivity index (χ0n) is 10.6. The minimum absolute atomic E-state index is 0.0868. The summed E-state index contributed by atoms with van der Waals surface area (Å²) >= 11 is 1.60. The summed E-state index contributed by atoms with van der Waals surface area (Å²) in [5.41, 5.74) is 2.22. The van der Waals surface area contributed by atoms with Crippen molar-refractivity contribution in [2.45, 2.75) is 26.4 Å². The van der Waals surface area contributed by atoms with E-state index in [2.05, 4.69) is 11.9 Å². The molecule has 0 saturated heterocycles. The molecule has 4 heteroatoms. The standard InChI is InChI=1S/C14H17NO2S/c1-3-12-13(9-16)18-14(15-12)8-10-4-6-11(17-2)7-5-10/h4-7,16H,3,8-9H2,1-2H3. The molecule has 0 aliphatic carbocycles. The average Bonchev–Trinajstić information content (AvgIpc) is 2.81. The zero-order valence-corrected chi connectivity index (χ0v) is 11.5. The van der Waals surface area contributed by atoms with E-state index in [1.165, 1.54) is 5.56 Å². The third kappa shape index (κ3) is 2.89. The molecule has 2 aromatic rings. The van der Waals surface area contributed by atoms with Gasteiger partial charge in [-0.25, -0.2) is 4.98 Å². The average molecular weight is 263 g/mol. The first-order valence-electron chi connectivity index (χ1n) is 5.98. The Labute approximate surface area is 111 Å². The van der Waals surface area contributed by atoms with Crippen molar-refractivity contribution in [2.75, 3.05) is 7.11 Å².